The smallest absolute Gasteiger partial charge is 0.261 e. The summed E-state index contributed by atoms with van der Waals surface area (Å²) in [6.07, 6.45) is 6.77. The van der Waals surface area contributed by atoms with Crippen LogP contribution in [0.4, 0.5) is 0 Å². The van der Waals surface area contributed by atoms with Crippen molar-refractivity contribution in [2.75, 3.05) is 33.8 Å². The molecule has 2 aromatic rings. The van der Waals surface area contributed by atoms with Crippen LogP contribution in [-0.4, -0.2) is 75.8 Å². The Bertz CT molecular complexity index is 919. The predicted molar refractivity (Wildman–Crippen MR) is 105 cm³/mol. The standard InChI is InChI=1S/C20H27N5O3/c1-22(2)18(26)10-16-12-24-11-14(9-15(24)13-28-16)25-8-6-21-19(25)17-5-4-7-23(3)20(17)27/h4-8,14-16H,9-13H2,1-3H3/t14-,15+,16+/m1/s1. The van der Waals surface area contributed by atoms with Gasteiger partial charge < -0.3 is 18.8 Å². The number of rotatable bonds is 4. The predicted octanol–water partition coefficient (Wildman–Crippen LogP) is 0.741. The first kappa shape index (κ1) is 18.9. The van der Waals surface area contributed by atoms with Gasteiger partial charge in [-0.05, 0) is 18.6 Å². The maximum atomic E-state index is 12.5. The molecule has 2 aliphatic rings. The summed E-state index contributed by atoms with van der Waals surface area (Å²) in [5.74, 6) is 0.808. The van der Waals surface area contributed by atoms with Crippen LogP contribution in [0.3, 0.4) is 0 Å². The van der Waals surface area contributed by atoms with E-state index in [0.29, 0.717) is 30.5 Å². The molecule has 0 N–H and O–H groups in total. The minimum absolute atomic E-state index is 0.0451. The number of aryl methyl sites for hydroxylation is 1. The van der Waals surface area contributed by atoms with Gasteiger partial charge in [-0.1, -0.05) is 0 Å². The Morgan fingerprint density at radius 1 is 1.29 bits per heavy atom. The molecule has 2 aromatic heterocycles. The monoisotopic (exact) mass is 385 g/mol. The summed E-state index contributed by atoms with van der Waals surface area (Å²) in [5.41, 5.74) is 0.571. The van der Waals surface area contributed by atoms with Gasteiger partial charge in [0.15, 0.2) is 0 Å². The number of nitrogens with zero attached hydrogens (tertiary/aromatic N) is 5. The number of hydrogen-bond acceptors (Lipinski definition) is 5. The lowest BCUT2D eigenvalue weighted by Crippen LogP contribution is -2.47. The van der Waals surface area contributed by atoms with Crippen molar-refractivity contribution in [2.45, 2.75) is 31.0 Å². The number of fused-ring (bicyclic) bond motifs is 1. The maximum absolute atomic E-state index is 12.5. The molecule has 0 saturated carbocycles. The van der Waals surface area contributed by atoms with Crippen LogP contribution >= 0.6 is 0 Å². The zero-order valence-corrected chi connectivity index (χ0v) is 16.6. The lowest BCUT2D eigenvalue weighted by Gasteiger charge is -2.35. The van der Waals surface area contributed by atoms with Crippen molar-refractivity contribution < 1.29 is 9.53 Å². The molecule has 150 valence electrons. The summed E-state index contributed by atoms with van der Waals surface area (Å²) in [4.78, 5) is 33.0. The zero-order chi connectivity index (χ0) is 19.8. The van der Waals surface area contributed by atoms with Crippen LogP contribution in [0.5, 0.6) is 0 Å². The number of imidazole rings is 1. The summed E-state index contributed by atoms with van der Waals surface area (Å²) in [6, 6.07) is 4.27. The van der Waals surface area contributed by atoms with Crippen LogP contribution in [0.2, 0.25) is 0 Å². The van der Waals surface area contributed by atoms with Crippen molar-refractivity contribution in [3.63, 3.8) is 0 Å². The normalized spacial score (nSPS) is 24.9. The Morgan fingerprint density at radius 2 is 2.11 bits per heavy atom. The van der Waals surface area contributed by atoms with E-state index in [1.807, 2.05) is 18.3 Å². The number of carbonyl (C=O) groups is 1. The molecule has 0 radical (unpaired) electrons. The third-order valence-electron chi connectivity index (χ3n) is 5.80. The molecule has 2 aliphatic heterocycles. The van der Waals surface area contributed by atoms with E-state index in [1.54, 1.807) is 43.0 Å². The number of morpholine rings is 1. The van der Waals surface area contributed by atoms with Gasteiger partial charge in [0.25, 0.3) is 5.56 Å². The van der Waals surface area contributed by atoms with Crippen LogP contribution in [0.1, 0.15) is 18.9 Å². The second kappa shape index (κ2) is 7.52. The molecule has 0 aliphatic carbocycles. The first-order valence-electron chi connectivity index (χ1n) is 9.68. The quantitative estimate of drug-likeness (QED) is 0.776. The molecule has 4 heterocycles. The third kappa shape index (κ3) is 3.49. The molecule has 0 spiro atoms. The van der Waals surface area contributed by atoms with E-state index in [-0.39, 0.29) is 23.6 Å². The molecule has 8 nitrogen and oxygen atoms in total. The van der Waals surface area contributed by atoms with Crippen LogP contribution in [0.25, 0.3) is 11.4 Å². The van der Waals surface area contributed by atoms with Gasteiger partial charge in [-0.3, -0.25) is 14.5 Å². The lowest BCUT2D eigenvalue weighted by atomic mass is 10.1. The van der Waals surface area contributed by atoms with Crippen LogP contribution in [-0.2, 0) is 16.6 Å². The first-order chi connectivity index (χ1) is 13.4. The van der Waals surface area contributed by atoms with E-state index in [9.17, 15) is 9.59 Å². The van der Waals surface area contributed by atoms with Gasteiger partial charge in [0.05, 0.1) is 24.7 Å². The van der Waals surface area contributed by atoms with Gasteiger partial charge in [-0.25, -0.2) is 4.98 Å². The molecule has 0 unspecified atom stereocenters. The van der Waals surface area contributed by atoms with Crippen molar-refractivity contribution in [1.82, 2.24) is 23.9 Å². The Morgan fingerprint density at radius 3 is 2.89 bits per heavy atom. The van der Waals surface area contributed by atoms with E-state index in [1.165, 1.54) is 0 Å². The number of amides is 1. The van der Waals surface area contributed by atoms with Gasteiger partial charge in [-0.2, -0.15) is 0 Å². The van der Waals surface area contributed by atoms with Crippen LogP contribution < -0.4 is 5.56 Å². The molecule has 0 bridgehead atoms. The molecule has 8 heteroatoms. The maximum Gasteiger partial charge on any atom is 0.261 e. The van der Waals surface area contributed by atoms with Gasteiger partial charge in [0.2, 0.25) is 5.91 Å². The minimum atomic E-state index is -0.0615. The lowest BCUT2D eigenvalue weighted by molar-refractivity contribution is -0.134. The van der Waals surface area contributed by atoms with Gasteiger partial charge in [0.1, 0.15) is 5.82 Å². The average Bonchev–Trinajstić information content (AvgIpc) is 3.30. The summed E-state index contributed by atoms with van der Waals surface area (Å²) in [5, 5.41) is 0. The average molecular weight is 385 g/mol. The number of ether oxygens (including phenoxy) is 1. The highest BCUT2D eigenvalue weighted by Gasteiger charge is 2.39. The van der Waals surface area contributed by atoms with Gasteiger partial charge in [-0.15, -0.1) is 0 Å². The second-order valence-corrected chi connectivity index (χ2v) is 7.94. The minimum Gasteiger partial charge on any atom is -0.375 e. The molecule has 3 atom stereocenters. The molecule has 28 heavy (non-hydrogen) atoms. The largest absolute Gasteiger partial charge is 0.375 e. The number of carbonyl (C=O) groups excluding carboxylic acids is 1. The molecule has 2 fully saturated rings. The van der Waals surface area contributed by atoms with E-state index < -0.39 is 0 Å². The van der Waals surface area contributed by atoms with E-state index in [4.69, 9.17) is 4.74 Å². The summed E-state index contributed by atoms with van der Waals surface area (Å²) < 4.78 is 9.66. The van der Waals surface area contributed by atoms with Gasteiger partial charge in [0, 0.05) is 64.9 Å². The van der Waals surface area contributed by atoms with Crippen LogP contribution in [0, 0.1) is 0 Å². The third-order valence-corrected chi connectivity index (χ3v) is 5.80. The molecule has 4 rings (SSSR count). The highest BCUT2D eigenvalue weighted by atomic mass is 16.5. The van der Waals surface area contributed by atoms with Crippen molar-refractivity contribution in [3.05, 3.63) is 41.1 Å². The molecular formula is C20H27N5O3. The summed E-state index contributed by atoms with van der Waals surface area (Å²) in [6.45, 7) is 2.27. The van der Waals surface area contributed by atoms with E-state index in [2.05, 4.69) is 14.5 Å². The number of aromatic nitrogens is 3. The zero-order valence-electron chi connectivity index (χ0n) is 16.6. The molecule has 2 saturated heterocycles. The Labute approximate surface area is 164 Å². The van der Waals surface area contributed by atoms with Crippen LogP contribution in [0.15, 0.2) is 35.5 Å². The molecular weight excluding hydrogens is 358 g/mol. The second-order valence-electron chi connectivity index (χ2n) is 7.94. The highest BCUT2D eigenvalue weighted by Crippen LogP contribution is 2.33. The highest BCUT2D eigenvalue weighted by molar-refractivity contribution is 5.76. The Balaban J connectivity index is 1.50. The van der Waals surface area contributed by atoms with Crippen molar-refractivity contribution in [1.29, 1.82) is 0 Å². The SMILES string of the molecule is CN(C)C(=O)C[C@H]1CN2C[C@H](n3ccnc3-c3cccn(C)c3=O)C[C@H]2CO1. The van der Waals surface area contributed by atoms with E-state index in [0.717, 1.165) is 19.5 Å². The number of pyridine rings is 1. The van der Waals surface area contributed by atoms with Crippen molar-refractivity contribution in [2.24, 2.45) is 7.05 Å². The Kier molecular flexibility index (Phi) is 5.07. The molecule has 1 amide bonds. The van der Waals surface area contributed by atoms with Crippen molar-refractivity contribution >= 4 is 5.91 Å². The Hall–Kier alpha value is -2.45. The summed E-state index contributed by atoms with van der Waals surface area (Å²) in [7, 11) is 5.30. The summed E-state index contributed by atoms with van der Waals surface area (Å²) >= 11 is 0. The fourth-order valence-corrected chi connectivity index (χ4v) is 4.20. The van der Waals surface area contributed by atoms with Gasteiger partial charge >= 0.3 is 0 Å². The fraction of sp³-hybridized carbons (Fsp3) is 0.550. The topological polar surface area (TPSA) is 72.6 Å². The van der Waals surface area contributed by atoms with Crippen molar-refractivity contribution in [3.8, 4) is 11.4 Å². The molecule has 0 aromatic carbocycles. The van der Waals surface area contributed by atoms with E-state index >= 15 is 0 Å². The number of hydrogen-bond donors (Lipinski definition) is 0. The first-order valence-corrected chi connectivity index (χ1v) is 9.68. The fourth-order valence-electron chi connectivity index (χ4n) is 4.20.